The smallest absolute Gasteiger partial charge is 0.383 e. The highest BCUT2D eigenvalue weighted by atomic mass is 16.6. The van der Waals surface area contributed by atoms with Crippen molar-refractivity contribution in [3.63, 3.8) is 0 Å². The number of hydrogen-bond acceptors (Lipinski definition) is 6. The van der Waals surface area contributed by atoms with E-state index in [4.69, 9.17) is 18.6 Å². The molecule has 0 spiro atoms. The lowest BCUT2D eigenvalue weighted by atomic mass is 10.2. The van der Waals surface area contributed by atoms with E-state index in [1.807, 2.05) is 32.9 Å². The average Bonchev–Trinajstić information content (AvgIpc) is 2.75. The standard InChI is InChI=1S/C25H26O6/c1-4-5-6-10-16-28-23-22(31-24(26)18-12-8-7-9-13-18)21-19(29-17(2)3)14-11-15-20(21)30-25(23)27/h5-9,11-15,17H,4,10,16H2,1-3H3/b6-5+. The maximum Gasteiger partial charge on any atom is 0.383 e. The van der Waals surface area contributed by atoms with Gasteiger partial charge in [0.1, 0.15) is 16.7 Å². The molecule has 0 amide bonds. The number of fused-ring (bicyclic) bond motifs is 1. The molecule has 0 bridgehead atoms. The van der Waals surface area contributed by atoms with Gasteiger partial charge in [-0.1, -0.05) is 43.3 Å². The van der Waals surface area contributed by atoms with Crippen LogP contribution in [-0.2, 0) is 0 Å². The summed E-state index contributed by atoms with van der Waals surface area (Å²) in [5.74, 6) is -0.331. The number of allylic oxidation sites excluding steroid dienone is 1. The zero-order valence-corrected chi connectivity index (χ0v) is 17.9. The molecule has 0 fully saturated rings. The van der Waals surface area contributed by atoms with Crippen molar-refractivity contribution < 1.29 is 23.4 Å². The molecule has 0 radical (unpaired) electrons. The summed E-state index contributed by atoms with van der Waals surface area (Å²) in [5, 5.41) is 0.374. The Labute approximate surface area is 181 Å². The van der Waals surface area contributed by atoms with E-state index in [9.17, 15) is 9.59 Å². The molecule has 0 aliphatic rings. The highest BCUT2D eigenvalue weighted by molar-refractivity contribution is 5.97. The van der Waals surface area contributed by atoms with E-state index in [1.165, 1.54) is 0 Å². The number of carbonyl (C=O) groups excluding carboxylic acids is 1. The van der Waals surface area contributed by atoms with Crippen molar-refractivity contribution in [2.75, 3.05) is 6.61 Å². The molecule has 6 nitrogen and oxygen atoms in total. The van der Waals surface area contributed by atoms with Crippen LogP contribution in [0.4, 0.5) is 0 Å². The van der Waals surface area contributed by atoms with Crippen LogP contribution >= 0.6 is 0 Å². The summed E-state index contributed by atoms with van der Waals surface area (Å²) in [6, 6.07) is 13.6. The topological polar surface area (TPSA) is 75.0 Å². The first-order valence-electron chi connectivity index (χ1n) is 10.3. The molecule has 0 atom stereocenters. The highest BCUT2D eigenvalue weighted by Gasteiger charge is 2.24. The Hall–Kier alpha value is -3.54. The van der Waals surface area contributed by atoms with Gasteiger partial charge in [0.2, 0.25) is 5.75 Å². The Morgan fingerprint density at radius 3 is 2.52 bits per heavy atom. The summed E-state index contributed by atoms with van der Waals surface area (Å²) in [6.07, 6.45) is 5.34. The van der Waals surface area contributed by atoms with E-state index in [1.54, 1.807) is 48.5 Å². The van der Waals surface area contributed by atoms with Gasteiger partial charge in [-0.05, 0) is 51.0 Å². The van der Waals surface area contributed by atoms with Gasteiger partial charge in [0, 0.05) is 0 Å². The maximum absolute atomic E-state index is 12.8. The third-order valence-corrected chi connectivity index (χ3v) is 4.31. The van der Waals surface area contributed by atoms with Crippen LogP contribution in [0.25, 0.3) is 11.0 Å². The fraction of sp³-hybridized carbons (Fsp3) is 0.280. The van der Waals surface area contributed by atoms with E-state index < -0.39 is 11.6 Å². The van der Waals surface area contributed by atoms with Crippen LogP contribution in [0, 0.1) is 0 Å². The maximum atomic E-state index is 12.8. The lowest BCUT2D eigenvalue weighted by Gasteiger charge is -2.16. The summed E-state index contributed by atoms with van der Waals surface area (Å²) in [4.78, 5) is 25.5. The Morgan fingerprint density at radius 1 is 1.03 bits per heavy atom. The minimum absolute atomic E-state index is 0.00387. The zero-order chi connectivity index (χ0) is 22.2. The van der Waals surface area contributed by atoms with Gasteiger partial charge >= 0.3 is 11.6 Å². The Morgan fingerprint density at radius 2 is 1.81 bits per heavy atom. The molecule has 0 N–H and O–H groups in total. The van der Waals surface area contributed by atoms with Crippen molar-refractivity contribution in [2.24, 2.45) is 0 Å². The first-order valence-corrected chi connectivity index (χ1v) is 10.3. The van der Waals surface area contributed by atoms with E-state index in [0.29, 0.717) is 23.1 Å². The fourth-order valence-corrected chi connectivity index (χ4v) is 2.99. The molecule has 162 valence electrons. The van der Waals surface area contributed by atoms with E-state index in [0.717, 1.165) is 6.42 Å². The summed E-state index contributed by atoms with van der Waals surface area (Å²) in [7, 11) is 0. The van der Waals surface area contributed by atoms with Gasteiger partial charge in [0.25, 0.3) is 0 Å². The van der Waals surface area contributed by atoms with Gasteiger partial charge in [-0.2, -0.15) is 0 Å². The van der Waals surface area contributed by atoms with Gasteiger partial charge in [-0.3, -0.25) is 0 Å². The second kappa shape index (κ2) is 10.5. The van der Waals surface area contributed by atoms with Crippen molar-refractivity contribution in [3.8, 4) is 17.2 Å². The molecule has 1 aromatic heterocycles. The monoisotopic (exact) mass is 422 g/mol. The minimum atomic E-state index is -0.718. The Kier molecular flexibility index (Phi) is 7.49. The minimum Gasteiger partial charge on any atom is -0.490 e. The number of carbonyl (C=O) groups is 1. The van der Waals surface area contributed by atoms with Crippen LogP contribution in [0.5, 0.6) is 17.2 Å². The summed E-state index contributed by atoms with van der Waals surface area (Å²) >= 11 is 0. The molecule has 3 rings (SSSR count). The first kappa shape index (κ1) is 22.2. The molecule has 0 aliphatic heterocycles. The molecular formula is C25H26O6. The van der Waals surface area contributed by atoms with Gasteiger partial charge in [0.15, 0.2) is 5.75 Å². The molecule has 0 unspecified atom stereocenters. The van der Waals surface area contributed by atoms with Crippen LogP contribution in [-0.4, -0.2) is 18.7 Å². The van der Waals surface area contributed by atoms with Gasteiger partial charge < -0.3 is 18.6 Å². The predicted octanol–water partition coefficient (Wildman–Crippen LogP) is 5.53. The van der Waals surface area contributed by atoms with E-state index in [-0.39, 0.29) is 29.8 Å². The van der Waals surface area contributed by atoms with Crippen molar-refractivity contribution in [1.82, 2.24) is 0 Å². The Bertz CT molecular complexity index is 1110. The van der Waals surface area contributed by atoms with Crippen LogP contribution < -0.4 is 19.8 Å². The second-order valence-corrected chi connectivity index (χ2v) is 7.12. The van der Waals surface area contributed by atoms with Crippen molar-refractivity contribution >= 4 is 16.9 Å². The van der Waals surface area contributed by atoms with Crippen molar-refractivity contribution in [2.45, 2.75) is 39.7 Å². The summed E-state index contributed by atoms with van der Waals surface area (Å²) in [6.45, 7) is 6.03. The first-order chi connectivity index (χ1) is 15.0. The van der Waals surface area contributed by atoms with Crippen LogP contribution in [0.15, 0.2) is 69.9 Å². The molecule has 3 aromatic rings. The number of ether oxygens (including phenoxy) is 3. The molecule has 2 aromatic carbocycles. The molecule has 1 heterocycles. The molecule has 0 saturated carbocycles. The SMILES string of the molecule is CC/C=C/CCOc1c(OC(=O)c2ccccc2)c2c(OC(C)C)cccc2oc1=O. The highest BCUT2D eigenvalue weighted by Crippen LogP contribution is 2.39. The van der Waals surface area contributed by atoms with Crippen LogP contribution in [0.3, 0.4) is 0 Å². The van der Waals surface area contributed by atoms with Crippen molar-refractivity contribution in [3.05, 3.63) is 76.7 Å². The van der Waals surface area contributed by atoms with Crippen LogP contribution in [0.1, 0.15) is 44.0 Å². The molecule has 0 aliphatic carbocycles. The number of rotatable bonds is 9. The molecular weight excluding hydrogens is 396 g/mol. The van der Waals surface area contributed by atoms with Gasteiger partial charge in [0.05, 0.1) is 18.3 Å². The number of esters is 1. The lowest BCUT2D eigenvalue weighted by Crippen LogP contribution is -2.15. The third-order valence-electron chi connectivity index (χ3n) is 4.31. The second-order valence-electron chi connectivity index (χ2n) is 7.12. The fourth-order valence-electron chi connectivity index (χ4n) is 2.99. The normalized spacial score (nSPS) is 11.2. The third kappa shape index (κ3) is 5.54. The molecule has 6 heteroatoms. The van der Waals surface area contributed by atoms with Crippen LogP contribution in [0.2, 0.25) is 0 Å². The quantitative estimate of drug-likeness (QED) is 0.195. The van der Waals surface area contributed by atoms with E-state index in [2.05, 4.69) is 0 Å². The largest absolute Gasteiger partial charge is 0.490 e. The molecule has 31 heavy (non-hydrogen) atoms. The molecule has 0 saturated heterocycles. The number of hydrogen-bond donors (Lipinski definition) is 0. The van der Waals surface area contributed by atoms with E-state index >= 15 is 0 Å². The predicted molar refractivity (Wildman–Crippen MR) is 119 cm³/mol. The number of benzene rings is 2. The van der Waals surface area contributed by atoms with Crippen molar-refractivity contribution in [1.29, 1.82) is 0 Å². The lowest BCUT2D eigenvalue weighted by molar-refractivity contribution is 0.0729. The zero-order valence-electron chi connectivity index (χ0n) is 17.9. The van der Waals surface area contributed by atoms with Gasteiger partial charge in [-0.25, -0.2) is 9.59 Å². The van der Waals surface area contributed by atoms with Gasteiger partial charge in [-0.15, -0.1) is 0 Å². The summed E-state index contributed by atoms with van der Waals surface area (Å²) in [5.41, 5.74) is -0.121. The summed E-state index contributed by atoms with van der Waals surface area (Å²) < 4.78 is 22.8. The Balaban J connectivity index is 2.10. The average molecular weight is 422 g/mol.